The molecule has 5 nitrogen and oxygen atoms in total. The van der Waals surface area contributed by atoms with Crippen LogP contribution in [0.15, 0.2) is 16.9 Å². The van der Waals surface area contributed by atoms with Gasteiger partial charge >= 0.3 is 0 Å². The van der Waals surface area contributed by atoms with Gasteiger partial charge in [0.05, 0.1) is 31.0 Å². The third-order valence-electron chi connectivity index (χ3n) is 3.69. The summed E-state index contributed by atoms with van der Waals surface area (Å²) in [6, 6.07) is 3.56. The predicted octanol–water partition coefficient (Wildman–Crippen LogP) is 0.491. The van der Waals surface area contributed by atoms with E-state index < -0.39 is 0 Å². The fourth-order valence-corrected chi connectivity index (χ4v) is 2.38. The Labute approximate surface area is 106 Å². The fourth-order valence-electron chi connectivity index (χ4n) is 2.38. The van der Waals surface area contributed by atoms with E-state index in [4.69, 9.17) is 4.74 Å². The van der Waals surface area contributed by atoms with Gasteiger partial charge in [0.25, 0.3) is 5.56 Å². The number of aromatic nitrogens is 2. The Morgan fingerprint density at radius 2 is 2.28 bits per heavy atom. The SMILES string of the molecule is Cc1ccc(=O)n(C2COCC2NCC2CC2)n1. The van der Waals surface area contributed by atoms with Gasteiger partial charge in [0.15, 0.2) is 0 Å². The average molecular weight is 249 g/mol. The molecule has 98 valence electrons. The van der Waals surface area contributed by atoms with Crippen LogP contribution < -0.4 is 10.9 Å². The molecule has 0 spiro atoms. The first-order valence-electron chi connectivity index (χ1n) is 6.61. The van der Waals surface area contributed by atoms with E-state index in [0.717, 1.165) is 18.2 Å². The average Bonchev–Trinajstić information content (AvgIpc) is 3.08. The Morgan fingerprint density at radius 1 is 1.44 bits per heavy atom. The van der Waals surface area contributed by atoms with Crippen LogP contribution in [-0.2, 0) is 4.74 Å². The molecule has 0 radical (unpaired) electrons. The van der Waals surface area contributed by atoms with Crippen molar-refractivity contribution in [1.29, 1.82) is 0 Å². The summed E-state index contributed by atoms with van der Waals surface area (Å²) in [7, 11) is 0. The van der Waals surface area contributed by atoms with Gasteiger partial charge in [0.1, 0.15) is 0 Å². The van der Waals surface area contributed by atoms with Gasteiger partial charge < -0.3 is 10.1 Å². The molecule has 1 aliphatic heterocycles. The Kier molecular flexibility index (Phi) is 3.18. The van der Waals surface area contributed by atoms with E-state index in [-0.39, 0.29) is 17.6 Å². The molecule has 3 rings (SSSR count). The Bertz CT molecular complexity index is 481. The highest BCUT2D eigenvalue weighted by Gasteiger charge is 2.32. The second kappa shape index (κ2) is 4.82. The third kappa shape index (κ3) is 2.47. The van der Waals surface area contributed by atoms with E-state index in [1.165, 1.54) is 12.8 Å². The van der Waals surface area contributed by atoms with Crippen LogP contribution in [0.3, 0.4) is 0 Å². The zero-order valence-corrected chi connectivity index (χ0v) is 10.6. The monoisotopic (exact) mass is 249 g/mol. The molecular weight excluding hydrogens is 230 g/mol. The minimum Gasteiger partial charge on any atom is -0.377 e. The van der Waals surface area contributed by atoms with Gasteiger partial charge in [-0.2, -0.15) is 5.10 Å². The van der Waals surface area contributed by atoms with E-state index in [1.807, 2.05) is 6.92 Å². The van der Waals surface area contributed by atoms with Crippen LogP contribution in [-0.4, -0.2) is 35.6 Å². The van der Waals surface area contributed by atoms with E-state index >= 15 is 0 Å². The molecule has 1 aromatic rings. The van der Waals surface area contributed by atoms with Gasteiger partial charge in [-0.1, -0.05) is 0 Å². The van der Waals surface area contributed by atoms with Gasteiger partial charge in [-0.15, -0.1) is 0 Å². The van der Waals surface area contributed by atoms with Crippen molar-refractivity contribution in [3.8, 4) is 0 Å². The Morgan fingerprint density at radius 3 is 3.06 bits per heavy atom. The summed E-state index contributed by atoms with van der Waals surface area (Å²) in [4.78, 5) is 11.9. The maximum Gasteiger partial charge on any atom is 0.267 e. The molecule has 5 heteroatoms. The number of nitrogens with zero attached hydrogens (tertiary/aromatic N) is 2. The van der Waals surface area contributed by atoms with E-state index in [2.05, 4.69) is 10.4 Å². The van der Waals surface area contributed by atoms with Gasteiger partial charge in [-0.3, -0.25) is 4.79 Å². The van der Waals surface area contributed by atoms with Gasteiger partial charge in [-0.25, -0.2) is 4.68 Å². The summed E-state index contributed by atoms with van der Waals surface area (Å²) in [5, 5.41) is 7.85. The number of rotatable bonds is 4. The lowest BCUT2D eigenvalue weighted by atomic mass is 10.1. The maximum absolute atomic E-state index is 11.9. The Hall–Kier alpha value is -1.20. The van der Waals surface area contributed by atoms with Crippen molar-refractivity contribution in [2.24, 2.45) is 5.92 Å². The molecule has 2 fully saturated rings. The molecule has 0 bridgehead atoms. The van der Waals surface area contributed by atoms with Crippen LogP contribution >= 0.6 is 0 Å². The number of nitrogens with one attached hydrogen (secondary N) is 1. The van der Waals surface area contributed by atoms with Crippen LogP contribution in [0.1, 0.15) is 24.6 Å². The Balaban J connectivity index is 1.75. The first-order chi connectivity index (χ1) is 8.74. The second-order valence-electron chi connectivity index (χ2n) is 5.32. The molecule has 1 saturated heterocycles. The molecule has 1 aliphatic carbocycles. The molecule has 1 N–H and O–H groups in total. The number of aryl methyl sites for hydroxylation is 1. The molecular formula is C13H19N3O2. The highest BCUT2D eigenvalue weighted by molar-refractivity contribution is 5.00. The van der Waals surface area contributed by atoms with E-state index in [0.29, 0.717) is 13.2 Å². The zero-order valence-electron chi connectivity index (χ0n) is 10.6. The largest absolute Gasteiger partial charge is 0.377 e. The summed E-state index contributed by atoms with van der Waals surface area (Å²) in [5.41, 5.74) is 0.816. The zero-order chi connectivity index (χ0) is 12.5. The minimum atomic E-state index is -0.0469. The topological polar surface area (TPSA) is 56.1 Å². The fraction of sp³-hybridized carbons (Fsp3) is 0.692. The molecule has 18 heavy (non-hydrogen) atoms. The molecule has 1 saturated carbocycles. The van der Waals surface area contributed by atoms with E-state index in [9.17, 15) is 4.79 Å². The lowest BCUT2D eigenvalue weighted by Crippen LogP contribution is -2.42. The minimum absolute atomic E-state index is 0.0242. The van der Waals surface area contributed by atoms with Crippen molar-refractivity contribution in [1.82, 2.24) is 15.1 Å². The molecule has 2 heterocycles. The van der Waals surface area contributed by atoms with Crippen molar-refractivity contribution < 1.29 is 4.74 Å². The first kappa shape index (κ1) is 11.9. The van der Waals surface area contributed by atoms with Crippen LogP contribution in [0.5, 0.6) is 0 Å². The van der Waals surface area contributed by atoms with Crippen LogP contribution in [0.2, 0.25) is 0 Å². The van der Waals surface area contributed by atoms with Crippen molar-refractivity contribution in [3.05, 3.63) is 28.2 Å². The maximum atomic E-state index is 11.9. The lowest BCUT2D eigenvalue weighted by molar-refractivity contribution is 0.180. The quantitative estimate of drug-likeness (QED) is 0.844. The van der Waals surface area contributed by atoms with Crippen LogP contribution in [0, 0.1) is 12.8 Å². The first-order valence-corrected chi connectivity index (χ1v) is 6.61. The van der Waals surface area contributed by atoms with Crippen LogP contribution in [0.4, 0.5) is 0 Å². The van der Waals surface area contributed by atoms with Crippen LogP contribution in [0.25, 0.3) is 0 Å². The van der Waals surface area contributed by atoms with E-state index in [1.54, 1.807) is 16.8 Å². The van der Waals surface area contributed by atoms with Crippen molar-refractivity contribution in [3.63, 3.8) is 0 Å². The molecule has 0 aromatic carbocycles. The predicted molar refractivity (Wildman–Crippen MR) is 67.6 cm³/mol. The number of hydrogen-bond acceptors (Lipinski definition) is 4. The van der Waals surface area contributed by atoms with Gasteiger partial charge in [-0.05, 0) is 38.3 Å². The summed E-state index contributed by atoms with van der Waals surface area (Å²) in [5.74, 6) is 0.827. The van der Waals surface area contributed by atoms with Gasteiger partial charge in [0, 0.05) is 6.07 Å². The normalized spacial score (nSPS) is 27.6. The number of ether oxygens (including phenoxy) is 1. The smallest absolute Gasteiger partial charge is 0.267 e. The summed E-state index contributed by atoms with van der Waals surface area (Å²) in [6.07, 6.45) is 2.65. The second-order valence-corrected chi connectivity index (χ2v) is 5.32. The van der Waals surface area contributed by atoms with Crippen molar-refractivity contribution in [2.45, 2.75) is 31.8 Å². The molecule has 1 aromatic heterocycles. The van der Waals surface area contributed by atoms with Crippen molar-refractivity contribution in [2.75, 3.05) is 19.8 Å². The molecule has 0 amide bonds. The lowest BCUT2D eigenvalue weighted by Gasteiger charge is -2.20. The summed E-state index contributed by atoms with van der Waals surface area (Å²) in [6.45, 7) is 4.17. The number of hydrogen-bond donors (Lipinski definition) is 1. The summed E-state index contributed by atoms with van der Waals surface area (Å²) >= 11 is 0. The van der Waals surface area contributed by atoms with Crippen molar-refractivity contribution >= 4 is 0 Å². The standard InChI is InChI=1S/C13H19N3O2/c1-9-2-5-13(17)16(15-9)12-8-18-7-11(12)14-6-10-3-4-10/h2,5,10-12,14H,3-4,6-8H2,1H3. The molecule has 2 aliphatic rings. The van der Waals surface area contributed by atoms with Gasteiger partial charge in [0.2, 0.25) is 0 Å². The third-order valence-corrected chi connectivity index (χ3v) is 3.69. The molecule has 2 atom stereocenters. The molecule has 2 unspecified atom stereocenters. The summed E-state index contributed by atoms with van der Waals surface area (Å²) < 4.78 is 7.09. The highest BCUT2D eigenvalue weighted by atomic mass is 16.5. The highest BCUT2D eigenvalue weighted by Crippen LogP contribution is 2.28.